The van der Waals surface area contributed by atoms with E-state index in [0.717, 1.165) is 13.1 Å². The second-order valence-corrected chi connectivity index (χ2v) is 6.25. The summed E-state index contributed by atoms with van der Waals surface area (Å²) < 4.78 is 0. The normalized spacial score (nSPS) is 30.1. The van der Waals surface area contributed by atoms with Crippen LogP contribution in [0.1, 0.15) is 36.8 Å². The van der Waals surface area contributed by atoms with Crippen molar-refractivity contribution in [2.45, 2.75) is 44.4 Å². The summed E-state index contributed by atoms with van der Waals surface area (Å²) >= 11 is 0. The van der Waals surface area contributed by atoms with Gasteiger partial charge in [0.1, 0.15) is 0 Å². The third-order valence-corrected chi connectivity index (χ3v) is 4.69. The fourth-order valence-corrected chi connectivity index (χ4v) is 3.49. The van der Waals surface area contributed by atoms with Crippen molar-refractivity contribution in [3.63, 3.8) is 0 Å². The molecule has 0 atom stereocenters. The summed E-state index contributed by atoms with van der Waals surface area (Å²) in [7, 11) is 0. The molecule has 4 nitrogen and oxygen atoms in total. The van der Waals surface area contributed by atoms with Gasteiger partial charge in [-0.1, -0.05) is 24.3 Å². The summed E-state index contributed by atoms with van der Waals surface area (Å²) in [6, 6.07) is 8.38. The van der Waals surface area contributed by atoms with E-state index >= 15 is 0 Å². The molecular weight excluding hydrogens is 254 g/mol. The number of rotatable bonds is 3. The van der Waals surface area contributed by atoms with Crippen LogP contribution in [0, 0.1) is 5.92 Å². The van der Waals surface area contributed by atoms with Crippen LogP contribution < -0.4 is 0 Å². The largest absolute Gasteiger partial charge is 0.481 e. The van der Waals surface area contributed by atoms with Gasteiger partial charge in [0.25, 0.3) is 0 Å². The first-order valence-electron chi connectivity index (χ1n) is 7.30. The van der Waals surface area contributed by atoms with Gasteiger partial charge in [-0.15, -0.1) is 0 Å². The highest BCUT2D eigenvalue weighted by atomic mass is 16.4. The molecule has 2 aliphatic rings. The van der Waals surface area contributed by atoms with Gasteiger partial charge in [0, 0.05) is 19.6 Å². The van der Waals surface area contributed by atoms with Crippen molar-refractivity contribution in [1.82, 2.24) is 4.90 Å². The molecule has 0 radical (unpaired) electrons. The van der Waals surface area contributed by atoms with E-state index in [4.69, 9.17) is 5.11 Å². The van der Waals surface area contributed by atoms with E-state index in [1.165, 1.54) is 11.1 Å². The van der Waals surface area contributed by atoms with Crippen LogP contribution in [0.25, 0.3) is 0 Å². The molecule has 1 aromatic rings. The van der Waals surface area contributed by atoms with Crippen molar-refractivity contribution < 1.29 is 15.0 Å². The van der Waals surface area contributed by atoms with Crippen molar-refractivity contribution >= 4 is 5.97 Å². The van der Waals surface area contributed by atoms with Gasteiger partial charge in [0.15, 0.2) is 0 Å². The van der Waals surface area contributed by atoms with Crippen molar-refractivity contribution in [3.05, 3.63) is 35.4 Å². The molecule has 1 aliphatic carbocycles. The van der Waals surface area contributed by atoms with E-state index in [-0.39, 0.29) is 5.92 Å². The minimum Gasteiger partial charge on any atom is -0.481 e. The Labute approximate surface area is 119 Å². The number of carboxylic acid groups (broad SMARTS) is 1. The van der Waals surface area contributed by atoms with Gasteiger partial charge in [-0.05, 0) is 36.8 Å². The second-order valence-electron chi connectivity index (χ2n) is 6.25. The lowest BCUT2D eigenvalue weighted by molar-refractivity contribution is -0.145. The van der Waals surface area contributed by atoms with Gasteiger partial charge in [0.05, 0.1) is 11.5 Å². The maximum Gasteiger partial charge on any atom is 0.306 e. The highest BCUT2D eigenvalue weighted by Gasteiger charge is 2.37. The van der Waals surface area contributed by atoms with Crippen LogP contribution in [-0.4, -0.2) is 33.2 Å². The molecule has 0 spiro atoms. The number of aliphatic carboxylic acids is 1. The van der Waals surface area contributed by atoms with Gasteiger partial charge in [-0.25, -0.2) is 0 Å². The molecule has 1 fully saturated rings. The monoisotopic (exact) mass is 275 g/mol. The molecular formula is C16H21NO3. The number of benzene rings is 1. The zero-order valence-corrected chi connectivity index (χ0v) is 11.6. The van der Waals surface area contributed by atoms with E-state index in [9.17, 15) is 9.90 Å². The van der Waals surface area contributed by atoms with E-state index in [1.807, 2.05) is 0 Å². The van der Waals surface area contributed by atoms with Crippen molar-refractivity contribution in [3.8, 4) is 0 Å². The van der Waals surface area contributed by atoms with E-state index < -0.39 is 11.6 Å². The van der Waals surface area contributed by atoms with Crippen LogP contribution in [0.4, 0.5) is 0 Å². The fraction of sp³-hybridized carbons (Fsp3) is 0.562. The Morgan fingerprint density at radius 2 is 1.75 bits per heavy atom. The first kappa shape index (κ1) is 13.6. The third kappa shape index (κ3) is 2.72. The number of carbonyl (C=O) groups is 1. The van der Waals surface area contributed by atoms with Gasteiger partial charge >= 0.3 is 5.97 Å². The number of hydrogen-bond acceptors (Lipinski definition) is 3. The first-order valence-corrected chi connectivity index (χ1v) is 7.30. The topological polar surface area (TPSA) is 60.8 Å². The number of β-amino-alcohol motifs (C(OH)–C–C–N with tert-alkyl or cyclic N) is 1. The molecule has 0 unspecified atom stereocenters. The quantitative estimate of drug-likeness (QED) is 0.886. The molecule has 0 bridgehead atoms. The molecule has 0 aromatic heterocycles. The van der Waals surface area contributed by atoms with Crippen LogP contribution in [0.15, 0.2) is 24.3 Å². The number of hydrogen-bond donors (Lipinski definition) is 2. The minimum absolute atomic E-state index is 0.272. The van der Waals surface area contributed by atoms with E-state index in [1.54, 1.807) is 0 Å². The molecule has 0 amide bonds. The Morgan fingerprint density at radius 3 is 2.25 bits per heavy atom. The summed E-state index contributed by atoms with van der Waals surface area (Å²) in [4.78, 5) is 13.2. The fourth-order valence-electron chi connectivity index (χ4n) is 3.49. The summed E-state index contributed by atoms with van der Waals surface area (Å²) in [5, 5.41) is 19.7. The van der Waals surface area contributed by atoms with Crippen LogP contribution in [0.3, 0.4) is 0 Å². The van der Waals surface area contributed by atoms with Crippen molar-refractivity contribution in [2.75, 3.05) is 6.54 Å². The summed E-state index contributed by atoms with van der Waals surface area (Å²) in [6.07, 6.45) is 2.37. The Hall–Kier alpha value is -1.39. The number of nitrogens with zero attached hydrogens (tertiary/aromatic N) is 1. The maximum atomic E-state index is 11.0. The van der Waals surface area contributed by atoms with Gasteiger partial charge < -0.3 is 10.2 Å². The van der Waals surface area contributed by atoms with Gasteiger partial charge in [-0.3, -0.25) is 9.69 Å². The first-order chi connectivity index (χ1) is 9.56. The summed E-state index contributed by atoms with van der Waals surface area (Å²) in [6.45, 7) is 2.43. The van der Waals surface area contributed by atoms with Crippen LogP contribution in [0.2, 0.25) is 0 Å². The molecule has 4 heteroatoms. The highest BCUT2D eigenvalue weighted by molar-refractivity contribution is 5.70. The van der Waals surface area contributed by atoms with Gasteiger partial charge in [0.2, 0.25) is 0 Å². The molecule has 3 rings (SSSR count). The number of aliphatic hydroxyl groups is 1. The van der Waals surface area contributed by atoms with Crippen LogP contribution in [0.5, 0.6) is 0 Å². The Morgan fingerprint density at radius 1 is 1.20 bits per heavy atom. The Bertz CT molecular complexity index is 481. The van der Waals surface area contributed by atoms with Crippen LogP contribution >= 0.6 is 0 Å². The van der Waals surface area contributed by atoms with Crippen molar-refractivity contribution in [1.29, 1.82) is 0 Å². The predicted molar refractivity (Wildman–Crippen MR) is 75.1 cm³/mol. The van der Waals surface area contributed by atoms with E-state index in [2.05, 4.69) is 29.2 Å². The van der Waals surface area contributed by atoms with Crippen LogP contribution in [-0.2, 0) is 17.9 Å². The average Bonchev–Trinajstić information content (AvgIpc) is 2.80. The SMILES string of the molecule is O=C(O)C1CCC(O)(CN2Cc3ccccc3C2)CC1. The Kier molecular flexibility index (Phi) is 3.52. The highest BCUT2D eigenvalue weighted by Crippen LogP contribution is 2.34. The third-order valence-electron chi connectivity index (χ3n) is 4.69. The maximum absolute atomic E-state index is 11.0. The Balaban J connectivity index is 1.58. The van der Waals surface area contributed by atoms with Crippen molar-refractivity contribution in [2.24, 2.45) is 5.92 Å². The lowest BCUT2D eigenvalue weighted by atomic mass is 9.78. The molecule has 2 N–H and O–H groups in total. The molecule has 0 saturated heterocycles. The smallest absolute Gasteiger partial charge is 0.306 e. The molecule has 1 aliphatic heterocycles. The average molecular weight is 275 g/mol. The molecule has 20 heavy (non-hydrogen) atoms. The minimum atomic E-state index is -0.722. The lowest BCUT2D eigenvalue weighted by Crippen LogP contribution is -2.44. The molecule has 1 aromatic carbocycles. The molecule has 1 heterocycles. The standard InChI is InChI=1S/C16H21NO3/c18-15(19)12-5-7-16(20,8-6-12)11-17-9-13-3-1-2-4-14(13)10-17/h1-4,12,20H,5-11H2,(H,18,19). The number of fused-ring (bicyclic) bond motifs is 1. The predicted octanol–water partition coefficient (Wildman–Crippen LogP) is 2.01. The zero-order valence-electron chi connectivity index (χ0n) is 11.6. The summed E-state index contributed by atoms with van der Waals surface area (Å²) in [5.41, 5.74) is 1.97. The molecule has 1 saturated carbocycles. The lowest BCUT2D eigenvalue weighted by Gasteiger charge is -2.37. The number of carboxylic acids is 1. The van der Waals surface area contributed by atoms with E-state index in [0.29, 0.717) is 32.2 Å². The summed E-state index contributed by atoms with van der Waals surface area (Å²) in [5.74, 6) is -0.994. The molecule has 108 valence electrons. The zero-order chi connectivity index (χ0) is 14.2. The second kappa shape index (κ2) is 5.19. The van der Waals surface area contributed by atoms with Gasteiger partial charge in [-0.2, -0.15) is 0 Å².